The fraction of sp³-hybridized carbons (Fsp3) is 0.625. The van der Waals surface area contributed by atoms with Gasteiger partial charge in [-0.3, -0.25) is 14.9 Å². The van der Waals surface area contributed by atoms with Gasteiger partial charge in [-0.25, -0.2) is 9.59 Å². The van der Waals surface area contributed by atoms with Crippen molar-refractivity contribution in [1.82, 2.24) is 0 Å². The van der Waals surface area contributed by atoms with E-state index in [-0.39, 0.29) is 17.8 Å². The first kappa shape index (κ1) is 28.9. The summed E-state index contributed by atoms with van der Waals surface area (Å²) in [6.07, 6.45) is 13.2. The largest absolute Gasteiger partial charge is 0.479 e. The number of primary amides is 1. The standard InChI is InChI=1S/C24H37N3O7/c1-2-3-4-5-6-7-8-9-10-11-12-13-16-26(21(22(25)28)24(31)32)19-15-14-18(23(29)30)17-20(19)27(33)34/h14-15,17,21H,2-13,16H2,1H3,(H2,25,28)(H,29,30)(H,31,32). The SMILES string of the molecule is CCCCCCCCCCCCCCN(c1ccc(C(=O)O)cc1[N+](=O)[O-])C(C(N)=O)C(=O)O. The number of aromatic carboxylic acids is 1. The summed E-state index contributed by atoms with van der Waals surface area (Å²) in [6, 6.07) is 1.34. The zero-order valence-electron chi connectivity index (χ0n) is 19.9. The summed E-state index contributed by atoms with van der Waals surface area (Å²) in [7, 11) is 0. The number of nitrogens with zero attached hydrogens (tertiary/aromatic N) is 2. The molecular formula is C24H37N3O7. The van der Waals surface area contributed by atoms with Crippen LogP contribution in [0.15, 0.2) is 18.2 Å². The molecule has 0 aliphatic heterocycles. The normalized spacial score (nSPS) is 11.7. The lowest BCUT2D eigenvalue weighted by atomic mass is 10.0. The number of rotatable bonds is 19. The van der Waals surface area contributed by atoms with Gasteiger partial charge in [-0.1, -0.05) is 77.6 Å². The average molecular weight is 480 g/mol. The maximum atomic E-state index is 11.9. The van der Waals surface area contributed by atoms with Gasteiger partial charge in [0.15, 0.2) is 0 Å². The van der Waals surface area contributed by atoms with Crippen molar-refractivity contribution in [2.24, 2.45) is 5.73 Å². The number of benzene rings is 1. The molecule has 0 fully saturated rings. The molecule has 1 amide bonds. The number of hydrogen-bond donors (Lipinski definition) is 3. The Morgan fingerprint density at radius 3 is 1.85 bits per heavy atom. The Morgan fingerprint density at radius 1 is 0.941 bits per heavy atom. The van der Waals surface area contributed by atoms with Gasteiger partial charge in [0, 0.05) is 12.6 Å². The number of amides is 1. The molecule has 0 aliphatic rings. The summed E-state index contributed by atoms with van der Waals surface area (Å²) in [4.78, 5) is 46.6. The number of carboxylic acids is 2. The van der Waals surface area contributed by atoms with Gasteiger partial charge in [0.1, 0.15) is 5.69 Å². The maximum absolute atomic E-state index is 11.9. The van der Waals surface area contributed by atoms with Crippen molar-refractivity contribution in [2.75, 3.05) is 11.4 Å². The molecular weight excluding hydrogens is 442 g/mol. The van der Waals surface area contributed by atoms with Crippen LogP contribution in [0.3, 0.4) is 0 Å². The van der Waals surface area contributed by atoms with Crippen molar-refractivity contribution < 1.29 is 29.5 Å². The highest BCUT2D eigenvalue weighted by Crippen LogP contribution is 2.31. The summed E-state index contributed by atoms with van der Waals surface area (Å²) in [5.41, 5.74) is 4.24. The van der Waals surface area contributed by atoms with E-state index in [9.17, 15) is 29.6 Å². The fourth-order valence-electron chi connectivity index (χ4n) is 3.97. The molecule has 0 saturated carbocycles. The molecule has 10 nitrogen and oxygen atoms in total. The van der Waals surface area contributed by atoms with Crippen LogP contribution in [0.4, 0.5) is 11.4 Å². The van der Waals surface area contributed by atoms with E-state index in [0.717, 1.165) is 48.8 Å². The first-order valence-corrected chi connectivity index (χ1v) is 12.0. The van der Waals surface area contributed by atoms with Crippen molar-refractivity contribution in [3.63, 3.8) is 0 Å². The van der Waals surface area contributed by atoms with Crippen LogP contribution in [-0.4, -0.2) is 45.6 Å². The number of carboxylic acid groups (broad SMARTS) is 2. The first-order valence-electron chi connectivity index (χ1n) is 12.0. The van der Waals surface area contributed by atoms with Crippen LogP contribution < -0.4 is 10.6 Å². The average Bonchev–Trinajstić information content (AvgIpc) is 2.77. The van der Waals surface area contributed by atoms with Gasteiger partial charge in [-0.2, -0.15) is 0 Å². The third-order valence-corrected chi connectivity index (χ3v) is 5.80. The second-order valence-corrected chi connectivity index (χ2v) is 8.49. The maximum Gasteiger partial charge on any atom is 0.336 e. The number of aliphatic carboxylic acids is 1. The predicted octanol–water partition coefficient (Wildman–Crippen LogP) is 4.74. The van der Waals surface area contributed by atoms with E-state index in [0.29, 0.717) is 6.42 Å². The zero-order chi connectivity index (χ0) is 25.5. The van der Waals surface area contributed by atoms with Crippen molar-refractivity contribution >= 4 is 29.2 Å². The van der Waals surface area contributed by atoms with E-state index in [1.165, 1.54) is 44.9 Å². The summed E-state index contributed by atoms with van der Waals surface area (Å²) in [5.74, 6) is -4.03. The number of carbonyl (C=O) groups is 3. The molecule has 4 N–H and O–H groups in total. The van der Waals surface area contributed by atoms with Crippen LogP contribution >= 0.6 is 0 Å². The third kappa shape index (κ3) is 9.76. The summed E-state index contributed by atoms with van der Waals surface area (Å²) >= 11 is 0. The van der Waals surface area contributed by atoms with E-state index in [1.807, 2.05) is 0 Å². The smallest absolute Gasteiger partial charge is 0.336 e. The quantitative estimate of drug-likeness (QED) is 0.111. The Morgan fingerprint density at radius 2 is 1.44 bits per heavy atom. The number of nitro groups is 1. The van der Waals surface area contributed by atoms with Crippen molar-refractivity contribution in [2.45, 2.75) is 90.0 Å². The first-order chi connectivity index (χ1) is 16.2. The number of unbranched alkanes of at least 4 members (excludes halogenated alkanes) is 11. The van der Waals surface area contributed by atoms with Crippen molar-refractivity contribution in [1.29, 1.82) is 0 Å². The molecule has 0 saturated heterocycles. The molecule has 1 aromatic carbocycles. The monoisotopic (exact) mass is 479 g/mol. The van der Waals surface area contributed by atoms with Crippen LogP contribution in [0, 0.1) is 10.1 Å². The van der Waals surface area contributed by atoms with Crippen molar-refractivity contribution in [3.05, 3.63) is 33.9 Å². The Hall–Kier alpha value is -3.17. The summed E-state index contributed by atoms with van der Waals surface area (Å²) in [5, 5.41) is 30.2. The minimum Gasteiger partial charge on any atom is -0.479 e. The van der Waals surface area contributed by atoms with Gasteiger partial charge in [0.25, 0.3) is 11.6 Å². The Balaban J connectivity index is 2.73. The Labute approximate surface area is 200 Å². The van der Waals surface area contributed by atoms with Crippen LogP contribution in [0.5, 0.6) is 0 Å². The molecule has 10 heteroatoms. The predicted molar refractivity (Wildman–Crippen MR) is 129 cm³/mol. The molecule has 0 aromatic heterocycles. The van der Waals surface area contributed by atoms with Crippen molar-refractivity contribution in [3.8, 4) is 0 Å². The van der Waals surface area contributed by atoms with E-state index >= 15 is 0 Å². The van der Waals surface area contributed by atoms with E-state index in [2.05, 4.69) is 6.92 Å². The molecule has 0 heterocycles. The molecule has 34 heavy (non-hydrogen) atoms. The number of nitro benzene ring substituents is 1. The van der Waals surface area contributed by atoms with Crippen LogP contribution in [-0.2, 0) is 9.59 Å². The van der Waals surface area contributed by atoms with Gasteiger partial charge >= 0.3 is 11.9 Å². The minimum absolute atomic E-state index is 0.0601. The summed E-state index contributed by atoms with van der Waals surface area (Å²) in [6.45, 7) is 2.26. The lowest BCUT2D eigenvalue weighted by Crippen LogP contribution is -2.50. The molecule has 1 rings (SSSR count). The van der Waals surface area contributed by atoms with Crippen LogP contribution in [0.25, 0.3) is 0 Å². The lowest BCUT2D eigenvalue weighted by Gasteiger charge is -2.28. The second-order valence-electron chi connectivity index (χ2n) is 8.49. The number of anilines is 1. The lowest BCUT2D eigenvalue weighted by molar-refractivity contribution is -0.384. The topological polar surface area (TPSA) is 164 Å². The molecule has 0 spiro atoms. The van der Waals surface area contributed by atoms with Gasteiger partial charge in [0.05, 0.1) is 10.5 Å². The molecule has 190 valence electrons. The van der Waals surface area contributed by atoms with Gasteiger partial charge in [-0.15, -0.1) is 0 Å². The number of hydrogen-bond acceptors (Lipinski definition) is 6. The van der Waals surface area contributed by atoms with E-state index in [1.54, 1.807) is 0 Å². The molecule has 0 radical (unpaired) electrons. The van der Waals surface area contributed by atoms with Gasteiger partial charge < -0.3 is 20.8 Å². The van der Waals surface area contributed by atoms with E-state index in [4.69, 9.17) is 10.8 Å². The summed E-state index contributed by atoms with van der Waals surface area (Å²) < 4.78 is 0. The number of carbonyl (C=O) groups excluding carboxylic acids is 1. The highest BCUT2D eigenvalue weighted by molar-refractivity contribution is 6.04. The second kappa shape index (κ2) is 15.6. The Kier molecular flexibility index (Phi) is 13.3. The highest BCUT2D eigenvalue weighted by atomic mass is 16.6. The molecule has 0 aliphatic carbocycles. The van der Waals surface area contributed by atoms with Gasteiger partial charge in [-0.05, 0) is 18.6 Å². The molecule has 1 atom stereocenters. The molecule has 1 aromatic rings. The van der Waals surface area contributed by atoms with Gasteiger partial charge in [0.2, 0.25) is 6.04 Å². The Bertz CT molecular complexity index is 815. The molecule has 1 unspecified atom stereocenters. The third-order valence-electron chi connectivity index (χ3n) is 5.80. The highest BCUT2D eigenvalue weighted by Gasteiger charge is 2.35. The minimum atomic E-state index is -1.80. The van der Waals surface area contributed by atoms with Crippen LogP contribution in [0.2, 0.25) is 0 Å². The van der Waals surface area contributed by atoms with Crippen LogP contribution in [0.1, 0.15) is 94.3 Å². The zero-order valence-corrected chi connectivity index (χ0v) is 19.9. The van der Waals surface area contributed by atoms with E-state index < -0.39 is 34.5 Å². The number of nitrogens with two attached hydrogens (primary N) is 1. The molecule has 0 bridgehead atoms. The fourth-order valence-corrected chi connectivity index (χ4v) is 3.97.